The Labute approximate surface area is 102 Å². The van der Waals surface area contributed by atoms with Crippen LogP contribution in [0, 0.1) is 11.3 Å². The number of allylic oxidation sites excluding steroid dienone is 1. The topological polar surface area (TPSA) is 36.3 Å². The molecule has 0 amide bonds. The van der Waals surface area contributed by atoms with E-state index in [0.717, 1.165) is 37.4 Å². The van der Waals surface area contributed by atoms with Gasteiger partial charge in [-0.3, -0.25) is 0 Å². The number of nitrogens with zero attached hydrogens (tertiary/aromatic N) is 2. The van der Waals surface area contributed by atoms with E-state index in [9.17, 15) is 0 Å². The zero-order valence-electron chi connectivity index (χ0n) is 10.0. The van der Waals surface area contributed by atoms with E-state index >= 15 is 0 Å². The summed E-state index contributed by atoms with van der Waals surface area (Å²) in [5.41, 5.74) is 2.39. The summed E-state index contributed by atoms with van der Waals surface area (Å²) < 4.78 is 5.36. The molecule has 1 aliphatic heterocycles. The fourth-order valence-corrected chi connectivity index (χ4v) is 2.16. The van der Waals surface area contributed by atoms with E-state index in [2.05, 4.69) is 17.0 Å². The van der Waals surface area contributed by atoms with Crippen molar-refractivity contribution < 1.29 is 4.74 Å². The van der Waals surface area contributed by atoms with Crippen molar-refractivity contribution in [2.75, 3.05) is 25.1 Å². The van der Waals surface area contributed by atoms with Gasteiger partial charge in [-0.15, -0.1) is 0 Å². The third-order valence-electron chi connectivity index (χ3n) is 3.10. The molecule has 3 nitrogen and oxygen atoms in total. The van der Waals surface area contributed by atoms with Crippen LogP contribution in [0.25, 0.3) is 0 Å². The molecule has 0 N–H and O–H groups in total. The molecular weight excluding hydrogens is 212 g/mol. The summed E-state index contributed by atoms with van der Waals surface area (Å²) in [4.78, 5) is 2.31. The molecule has 1 heterocycles. The Balaban J connectivity index is 2.11. The van der Waals surface area contributed by atoms with Crippen LogP contribution in [0.3, 0.4) is 0 Å². The molecule has 1 fully saturated rings. The van der Waals surface area contributed by atoms with Gasteiger partial charge in [-0.05, 0) is 25.0 Å². The second-order valence-corrected chi connectivity index (χ2v) is 4.09. The molecule has 1 aromatic rings. The molecule has 0 saturated carbocycles. The fourth-order valence-electron chi connectivity index (χ4n) is 2.16. The van der Waals surface area contributed by atoms with Gasteiger partial charge in [-0.2, -0.15) is 5.26 Å². The molecule has 0 unspecified atom stereocenters. The van der Waals surface area contributed by atoms with E-state index in [0.29, 0.717) is 0 Å². The van der Waals surface area contributed by atoms with E-state index in [4.69, 9.17) is 10.00 Å². The summed E-state index contributed by atoms with van der Waals surface area (Å²) in [5, 5.41) is 8.62. The number of para-hydroxylation sites is 2. The van der Waals surface area contributed by atoms with Crippen molar-refractivity contribution in [1.29, 1.82) is 5.26 Å². The first kappa shape index (κ1) is 11.5. The molecular formula is C14H16N2O. The van der Waals surface area contributed by atoms with E-state index in [1.54, 1.807) is 13.2 Å². The van der Waals surface area contributed by atoms with E-state index in [-0.39, 0.29) is 0 Å². The van der Waals surface area contributed by atoms with Crippen LogP contribution in [0.4, 0.5) is 5.69 Å². The van der Waals surface area contributed by atoms with Gasteiger partial charge in [-0.1, -0.05) is 17.7 Å². The first-order chi connectivity index (χ1) is 8.35. The van der Waals surface area contributed by atoms with Crippen molar-refractivity contribution in [3.05, 3.63) is 35.9 Å². The highest BCUT2D eigenvalue weighted by molar-refractivity contribution is 5.59. The largest absolute Gasteiger partial charge is 0.495 e. The minimum atomic E-state index is 0.917. The number of methoxy groups -OCH3 is 1. The number of anilines is 1. The van der Waals surface area contributed by atoms with Crippen molar-refractivity contribution in [2.45, 2.75) is 12.8 Å². The molecule has 17 heavy (non-hydrogen) atoms. The van der Waals surface area contributed by atoms with Crippen LogP contribution in [0.2, 0.25) is 0 Å². The van der Waals surface area contributed by atoms with E-state index in [1.807, 2.05) is 18.2 Å². The van der Waals surface area contributed by atoms with E-state index in [1.165, 1.54) is 5.57 Å². The smallest absolute Gasteiger partial charge is 0.142 e. The number of benzene rings is 1. The van der Waals surface area contributed by atoms with Gasteiger partial charge >= 0.3 is 0 Å². The van der Waals surface area contributed by atoms with Gasteiger partial charge < -0.3 is 9.64 Å². The Morgan fingerprint density at radius 2 is 2.00 bits per heavy atom. The number of ether oxygens (including phenoxy) is 1. The summed E-state index contributed by atoms with van der Waals surface area (Å²) in [6.45, 7) is 1.90. The minimum Gasteiger partial charge on any atom is -0.495 e. The maximum absolute atomic E-state index is 8.62. The molecule has 1 aliphatic rings. The molecule has 2 rings (SSSR count). The number of nitriles is 1. The summed E-state index contributed by atoms with van der Waals surface area (Å²) in [6, 6.07) is 10.2. The van der Waals surface area contributed by atoms with Gasteiger partial charge in [0.2, 0.25) is 0 Å². The lowest BCUT2D eigenvalue weighted by Gasteiger charge is -2.31. The lowest BCUT2D eigenvalue weighted by Crippen LogP contribution is -2.30. The predicted molar refractivity (Wildman–Crippen MR) is 68.1 cm³/mol. The average molecular weight is 228 g/mol. The third-order valence-corrected chi connectivity index (χ3v) is 3.10. The summed E-state index contributed by atoms with van der Waals surface area (Å²) in [7, 11) is 1.70. The number of hydrogen-bond acceptors (Lipinski definition) is 3. The molecule has 0 aromatic heterocycles. The second-order valence-electron chi connectivity index (χ2n) is 4.09. The Bertz CT molecular complexity index is 450. The first-order valence-corrected chi connectivity index (χ1v) is 5.80. The molecule has 1 aromatic carbocycles. The van der Waals surface area contributed by atoms with Crippen molar-refractivity contribution >= 4 is 5.69 Å². The molecule has 1 saturated heterocycles. The van der Waals surface area contributed by atoms with Gasteiger partial charge in [0.15, 0.2) is 0 Å². The van der Waals surface area contributed by atoms with Crippen LogP contribution in [-0.2, 0) is 0 Å². The van der Waals surface area contributed by atoms with Gasteiger partial charge in [0.05, 0.1) is 18.9 Å². The average Bonchev–Trinajstić information content (AvgIpc) is 2.40. The number of hydrogen-bond donors (Lipinski definition) is 0. The van der Waals surface area contributed by atoms with Crippen LogP contribution in [0.5, 0.6) is 5.75 Å². The van der Waals surface area contributed by atoms with E-state index < -0.39 is 0 Å². The highest BCUT2D eigenvalue weighted by Crippen LogP contribution is 2.30. The summed E-state index contributed by atoms with van der Waals surface area (Å²) in [5.74, 6) is 0.917. The van der Waals surface area contributed by atoms with Crippen molar-refractivity contribution in [1.82, 2.24) is 0 Å². The van der Waals surface area contributed by atoms with Crippen LogP contribution in [0.15, 0.2) is 35.9 Å². The Kier molecular flexibility index (Phi) is 3.66. The Morgan fingerprint density at radius 3 is 2.65 bits per heavy atom. The third kappa shape index (κ3) is 2.59. The zero-order valence-corrected chi connectivity index (χ0v) is 10.0. The van der Waals surface area contributed by atoms with Gasteiger partial charge in [0.25, 0.3) is 0 Å². The van der Waals surface area contributed by atoms with Crippen LogP contribution in [-0.4, -0.2) is 20.2 Å². The highest BCUT2D eigenvalue weighted by atomic mass is 16.5. The van der Waals surface area contributed by atoms with Gasteiger partial charge in [0, 0.05) is 19.2 Å². The molecule has 0 bridgehead atoms. The fraction of sp³-hybridized carbons (Fsp3) is 0.357. The quantitative estimate of drug-likeness (QED) is 0.730. The Morgan fingerprint density at radius 1 is 1.29 bits per heavy atom. The minimum absolute atomic E-state index is 0.917. The second kappa shape index (κ2) is 5.40. The molecule has 88 valence electrons. The van der Waals surface area contributed by atoms with Gasteiger partial charge in [0.1, 0.15) is 5.75 Å². The zero-order chi connectivity index (χ0) is 12.1. The number of piperidine rings is 1. The standard InChI is InChI=1S/C14H16N2O/c1-17-14-5-3-2-4-13(14)16-10-7-12(6-9-15)8-11-16/h2-6H,7-8,10-11H2,1H3. The lowest BCUT2D eigenvalue weighted by atomic mass is 10.0. The normalized spacial score (nSPS) is 15.3. The molecule has 0 radical (unpaired) electrons. The maximum Gasteiger partial charge on any atom is 0.142 e. The monoisotopic (exact) mass is 228 g/mol. The molecule has 0 aliphatic carbocycles. The Hall–Kier alpha value is -1.95. The van der Waals surface area contributed by atoms with Crippen molar-refractivity contribution in [3.8, 4) is 11.8 Å². The lowest BCUT2D eigenvalue weighted by molar-refractivity contribution is 0.413. The van der Waals surface area contributed by atoms with Crippen LogP contribution in [0.1, 0.15) is 12.8 Å². The van der Waals surface area contributed by atoms with Crippen LogP contribution >= 0.6 is 0 Å². The maximum atomic E-state index is 8.62. The predicted octanol–water partition coefficient (Wildman–Crippen LogP) is 2.75. The molecule has 0 atom stereocenters. The van der Waals surface area contributed by atoms with Crippen molar-refractivity contribution in [2.24, 2.45) is 0 Å². The molecule has 3 heteroatoms. The highest BCUT2D eigenvalue weighted by Gasteiger charge is 2.16. The summed E-state index contributed by atoms with van der Waals surface area (Å²) in [6.07, 6.45) is 3.61. The van der Waals surface area contributed by atoms with Gasteiger partial charge in [-0.25, -0.2) is 0 Å². The molecule has 0 spiro atoms. The first-order valence-electron chi connectivity index (χ1n) is 5.80. The summed E-state index contributed by atoms with van der Waals surface area (Å²) >= 11 is 0. The number of rotatable bonds is 2. The van der Waals surface area contributed by atoms with Crippen LogP contribution < -0.4 is 9.64 Å². The SMILES string of the molecule is COc1ccccc1N1CCC(=CC#N)CC1. The van der Waals surface area contributed by atoms with Crippen molar-refractivity contribution in [3.63, 3.8) is 0 Å².